The van der Waals surface area contributed by atoms with Crippen LogP contribution >= 0.6 is 0 Å². The topological polar surface area (TPSA) is 127 Å². The fourth-order valence-electron chi connectivity index (χ4n) is 1.18. The third kappa shape index (κ3) is 4.14. The summed E-state index contributed by atoms with van der Waals surface area (Å²) in [5.74, 6) is -0.365. The molecule has 0 spiro atoms. The first-order valence-electron chi connectivity index (χ1n) is 4.43. The molecule has 0 aliphatic rings. The average Bonchev–Trinajstić information content (AvgIpc) is 2.14. The predicted octanol–water partition coefficient (Wildman–Crippen LogP) is 0.667. The van der Waals surface area contributed by atoms with Crippen LogP contribution in [0.15, 0.2) is 12.1 Å². The second kappa shape index (κ2) is 4.72. The standard InChI is InChI=1S/C8H10O8S2/c1-5-6(2)8(16-18(12,13)14)4-3-7(5)15-17(9,10)11/h3-4H,1-2H3,(H,9,10,11)(H,12,13,14). The minimum Gasteiger partial charge on any atom is -0.362 e. The van der Waals surface area contributed by atoms with E-state index in [1.54, 1.807) is 0 Å². The Kier molecular flexibility index (Phi) is 3.86. The molecule has 0 atom stereocenters. The van der Waals surface area contributed by atoms with E-state index in [1.807, 2.05) is 0 Å². The van der Waals surface area contributed by atoms with Gasteiger partial charge in [-0.1, -0.05) is 0 Å². The molecule has 0 aliphatic carbocycles. The first-order chi connectivity index (χ1) is 7.99. The summed E-state index contributed by atoms with van der Waals surface area (Å²) in [7, 11) is -9.35. The fraction of sp³-hybridized carbons (Fsp3) is 0.250. The second-order valence-corrected chi connectivity index (χ2v) is 5.38. The molecule has 18 heavy (non-hydrogen) atoms. The number of benzene rings is 1. The van der Waals surface area contributed by atoms with Crippen molar-refractivity contribution >= 4 is 20.8 Å². The molecule has 0 unspecified atom stereocenters. The second-order valence-electron chi connectivity index (χ2n) is 3.33. The lowest BCUT2D eigenvalue weighted by Gasteiger charge is -2.11. The Labute approximate surface area is 104 Å². The summed E-state index contributed by atoms with van der Waals surface area (Å²) in [5.41, 5.74) is 0.461. The lowest BCUT2D eigenvalue weighted by atomic mass is 10.1. The number of hydrogen-bond acceptors (Lipinski definition) is 6. The molecule has 2 N–H and O–H groups in total. The number of rotatable bonds is 4. The first kappa shape index (κ1) is 14.7. The van der Waals surface area contributed by atoms with Crippen LogP contribution in [0.5, 0.6) is 11.5 Å². The molecule has 0 heterocycles. The van der Waals surface area contributed by atoms with Gasteiger partial charge in [-0.05, 0) is 37.1 Å². The monoisotopic (exact) mass is 298 g/mol. The summed E-state index contributed by atoms with van der Waals surface area (Å²) in [4.78, 5) is 0. The van der Waals surface area contributed by atoms with Gasteiger partial charge in [-0.25, -0.2) is 0 Å². The summed E-state index contributed by atoms with van der Waals surface area (Å²) >= 11 is 0. The molecule has 102 valence electrons. The van der Waals surface area contributed by atoms with Crippen molar-refractivity contribution in [1.82, 2.24) is 0 Å². The van der Waals surface area contributed by atoms with Gasteiger partial charge in [0.25, 0.3) is 0 Å². The highest BCUT2D eigenvalue weighted by Crippen LogP contribution is 2.30. The molecule has 0 saturated carbocycles. The minimum atomic E-state index is -4.67. The molecule has 1 rings (SSSR count). The van der Waals surface area contributed by atoms with Gasteiger partial charge in [-0.15, -0.1) is 0 Å². The summed E-state index contributed by atoms with van der Waals surface area (Å²) in [6.07, 6.45) is 0. The third-order valence-corrected chi connectivity index (χ3v) is 2.86. The Morgan fingerprint density at radius 1 is 0.833 bits per heavy atom. The zero-order valence-electron chi connectivity index (χ0n) is 9.32. The Morgan fingerprint density at radius 3 is 1.33 bits per heavy atom. The average molecular weight is 298 g/mol. The fourth-order valence-corrected chi connectivity index (χ4v) is 1.99. The van der Waals surface area contributed by atoms with Crippen molar-refractivity contribution in [3.8, 4) is 11.5 Å². The van der Waals surface area contributed by atoms with E-state index >= 15 is 0 Å². The maximum absolute atomic E-state index is 10.5. The largest absolute Gasteiger partial charge is 0.446 e. The molecule has 1 aromatic carbocycles. The van der Waals surface area contributed by atoms with Crippen molar-refractivity contribution in [2.24, 2.45) is 0 Å². The number of hydrogen-bond donors (Lipinski definition) is 2. The summed E-state index contributed by atoms with van der Waals surface area (Å²) in [5, 5.41) is 0. The van der Waals surface area contributed by atoms with Gasteiger partial charge in [0.05, 0.1) is 0 Å². The molecule has 0 fully saturated rings. The minimum absolute atomic E-state index is 0.183. The molecule has 0 amide bonds. The van der Waals surface area contributed by atoms with E-state index in [4.69, 9.17) is 9.11 Å². The molecule has 8 nitrogen and oxygen atoms in total. The molecule has 0 bridgehead atoms. The van der Waals surface area contributed by atoms with Crippen molar-refractivity contribution in [2.45, 2.75) is 13.8 Å². The molecular formula is C8H10O8S2. The van der Waals surface area contributed by atoms with Gasteiger partial charge < -0.3 is 8.37 Å². The van der Waals surface area contributed by atoms with Crippen LogP contribution in [0, 0.1) is 13.8 Å². The molecular weight excluding hydrogens is 288 g/mol. The smallest absolute Gasteiger partial charge is 0.362 e. The van der Waals surface area contributed by atoms with Gasteiger partial charge in [0, 0.05) is 0 Å². The van der Waals surface area contributed by atoms with Crippen LogP contribution < -0.4 is 8.37 Å². The summed E-state index contributed by atoms with van der Waals surface area (Å²) in [6, 6.07) is 2.16. The highest BCUT2D eigenvalue weighted by molar-refractivity contribution is 7.81. The highest BCUT2D eigenvalue weighted by atomic mass is 32.3. The van der Waals surface area contributed by atoms with Crippen LogP contribution in [0.2, 0.25) is 0 Å². The van der Waals surface area contributed by atoms with Crippen molar-refractivity contribution in [1.29, 1.82) is 0 Å². The van der Waals surface area contributed by atoms with Gasteiger partial charge in [-0.3, -0.25) is 9.11 Å². The highest BCUT2D eigenvalue weighted by Gasteiger charge is 2.16. The van der Waals surface area contributed by atoms with Crippen molar-refractivity contribution < 1.29 is 34.3 Å². The van der Waals surface area contributed by atoms with E-state index < -0.39 is 20.8 Å². The zero-order valence-corrected chi connectivity index (χ0v) is 10.9. The van der Waals surface area contributed by atoms with E-state index in [1.165, 1.54) is 13.8 Å². The van der Waals surface area contributed by atoms with Crippen LogP contribution in [0.3, 0.4) is 0 Å². The van der Waals surface area contributed by atoms with Crippen molar-refractivity contribution in [3.63, 3.8) is 0 Å². The van der Waals surface area contributed by atoms with Crippen molar-refractivity contribution in [3.05, 3.63) is 23.3 Å². The molecule has 10 heteroatoms. The summed E-state index contributed by atoms with van der Waals surface area (Å²) in [6.45, 7) is 2.85. The molecule has 1 aromatic rings. The normalized spacial score (nSPS) is 12.2. The van der Waals surface area contributed by atoms with Crippen LogP contribution in [0.4, 0.5) is 0 Å². The van der Waals surface area contributed by atoms with Crippen molar-refractivity contribution in [2.75, 3.05) is 0 Å². The van der Waals surface area contributed by atoms with E-state index in [-0.39, 0.29) is 22.6 Å². The molecule has 0 aromatic heterocycles. The van der Waals surface area contributed by atoms with Crippen LogP contribution in [-0.2, 0) is 20.8 Å². The van der Waals surface area contributed by atoms with Crippen LogP contribution in [0.1, 0.15) is 11.1 Å². The van der Waals surface area contributed by atoms with Gasteiger partial charge in [0.15, 0.2) is 0 Å². The third-order valence-electron chi connectivity index (χ3n) is 2.08. The Balaban J connectivity index is 3.21. The Hall–Kier alpha value is -1.36. The summed E-state index contributed by atoms with van der Waals surface area (Å²) < 4.78 is 67.7. The molecule has 0 saturated heterocycles. The van der Waals surface area contributed by atoms with Crippen LogP contribution in [0.25, 0.3) is 0 Å². The van der Waals surface area contributed by atoms with E-state index in [9.17, 15) is 16.8 Å². The Morgan fingerprint density at radius 2 is 1.11 bits per heavy atom. The van der Waals surface area contributed by atoms with E-state index in [0.29, 0.717) is 0 Å². The van der Waals surface area contributed by atoms with E-state index in [2.05, 4.69) is 8.37 Å². The maximum Gasteiger partial charge on any atom is 0.446 e. The van der Waals surface area contributed by atoms with Gasteiger partial charge in [-0.2, -0.15) is 16.8 Å². The molecule has 0 radical (unpaired) electrons. The SMILES string of the molecule is Cc1c(OS(=O)(=O)O)ccc(OS(=O)(=O)O)c1C. The van der Waals surface area contributed by atoms with Gasteiger partial charge in [0.2, 0.25) is 0 Å². The lowest BCUT2D eigenvalue weighted by molar-refractivity contribution is 0.378. The maximum atomic E-state index is 10.5. The Bertz CT molecular complexity index is 600. The van der Waals surface area contributed by atoms with Gasteiger partial charge >= 0.3 is 20.8 Å². The van der Waals surface area contributed by atoms with E-state index in [0.717, 1.165) is 12.1 Å². The zero-order chi connectivity index (χ0) is 14.1. The predicted molar refractivity (Wildman–Crippen MR) is 60.3 cm³/mol. The first-order valence-corrected chi connectivity index (χ1v) is 7.16. The van der Waals surface area contributed by atoms with Crippen LogP contribution in [-0.4, -0.2) is 25.9 Å². The lowest BCUT2D eigenvalue weighted by Crippen LogP contribution is -2.10. The quantitative estimate of drug-likeness (QED) is 0.776. The van der Waals surface area contributed by atoms with Gasteiger partial charge in [0.1, 0.15) is 11.5 Å². The molecule has 0 aliphatic heterocycles.